The number of nitrogens with zero attached hydrogens (tertiary/aromatic N) is 2. The monoisotopic (exact) mass is 396 g/mol. The van der Waals surface area contributed by atoms with Crippen molar-refractivity contribution >= 4 is 38.3 Å². The van der Waals surface area contributed by atoms with Crippen LogP contribution in [0.2, 0.25) is 0 Å². The number of para-hydroxylation sites is 1. The molecule has 0 unspecified atom stereocenters. The quantitative estimate of drug-likeness (QED) is 0.510. The van der Waals surface area contributed by atoms with Gasteiger partial charge in [-0.3, -0.25) is 4.79 Å². The van der Waals surface area contributed by atoms with Crippen molar-refractivity contribution in [2.75, 3.05) is 18.5 Å². The van der Waals surface area contributed by atoms with E-state index in [-0.39, 0.29) is 5.91 Å². The molecular weight excluding hydrogens is 376 g/mol. The predicted octanol–water partition coefficient (Wildman–Crippen LogP) is 3.41. The van der Waals surface area contributed by atoms with Gasteiger partial charge in [0, 0.05) is 5.56 Å². The van der Waals surface area contributed by atoms with E-state index in [1.54, 1.807) is 6.92 Å². The van der Waals surface area contributed by atoms with Crippen molar-refractivity contribution in [2.45, 2.75) is 19.9 Å². The fourth-order valence-electron chi connectivity index (χ4n) is 2.75. The van der Waals surface area contributed by atoms with Gasteiger partial charge >= 0.3 is 0 Å². The molecule has 0 bridgehead atoms. The van der Waals surface area contributed by atoms with E-state index in [0.717, 1.165) is 21.5 Å². The summed E-state index contributed by atoms with van der Waals surface area (Å²) in [6.45, 7) is 4.68. The van der Waals surface area contributed by atoms with Crippen LogP contribution in [0.1, 0.15) is 19.4 Å². The topological polar surface area (TPSA) is 84.8 Å². The van der Waals surface area contributed by atoms with Crippen molar-refractivity contribution in [2.24, 2.45) is 5.10 Å². The lowest BCUT2D eigenvalue weighted by molar-refractivity contribution is -0.121. The number of carbonyl (C=O) groups excluding carboxylic acids is 1. The number of thiazole rings is 1. The smallest absolute Gasteiger partial charge is 0.262 e. The van der Waals surface area contributed by atoms with E-state index in [1.165, 1.54) is 11.3 Å². The summed E-state index contributed by atoms with van der Waals surface area (Å²) in [7, 11) is 0. The van der Waals surface area contributed by atoms with Crippen molar-refractivity contribution < 1.29 is 14.3 Å². The van der Waals surface area contributed by atoms with Crippen LogP contribution in [-0.2, 0) is 4.79 Å². The number of benzene rings is 2. The first kappa shape index (κ1) is 18.2. The molecule has 2 aromatic carbocycles. The largest absolute Gasteiger partial charge is 0.486 e. The van der Waals surface area contributed by atoms with Gasteiger partial charge in [0.25, 0.3) is 5.91 Å². The van der Waals surface area contributed by atoms with E-state index in [1.807, 2.05) is 49.4 Å². The number of rotatable bonds is 5. The SMILES string of the molecule is C/C(=N/NC(=O)[C@@H](C)Nc1nc2ccccc2s1)c1ccc2c(c1)OCCO2. The van der Waals surface area contributed by atoms with Crippen LogP contribution in [0.25, 0.3) is 10.2 Å². The molecule has 0 aliphatic carbocycles. The fraction of sp³-hybridized carbons (Fsp3) is 0.250. The molecule has 8 heteroatoms. The molecule has 2 heterocycles. The van der Waals surface area contributed by atoms with Gasteiger partial charge < -0.3 is 14.8 Å². The molecular formula is C20H20N4O3S. The number of hydrogen-bond donors (Lipinski definition) is 2. The van der Waals surface area contributed by atoms with Gasteiger partial charge in [-0.25, -0.2) is 10.4 Å². The predicted molar refractivity (Wildman–Crippen MR) is 110 cm³/mol. The summed E-state index contributed by atoms with van der Waals surface area (Å²) in [6.07, 6.45) is 0. The van der Waals surface area contributed by atoms with Gasteiger partial charge in [-0.15, -0.1) is 0 Å². The molecule has 1 aliphatic rings. The van der Waals surface area contributed by atoms with Gasteiger partial charge in [-0.05, 0) is 44.2 Å². The maximum absolute atomic E-state index is 12.4. The molecule has 0 radical (unpaired) electrons. The van der Waals surface area contributed by atoms with Crippen LogP contribution >= 0.6 is 11.3 Å². The molecule has 1 atom stereocenters. The molecule has 2 N–H and O–H groups in total. The highest BCUT2D eigenvalue weighted by Gasteiger charge is 2.15. The number of ether oxygens (including phenoxy) is 2. The zero-order chi connectivity index (χ0) is 19.5. The first-order valence-corrected chi connectivity index (χ1v) is 9.78. The molecule has 1 amide bonds. The minimum Gasteiger partial charge on any atom is -0.486 e. The van der Waals surface area contributed by atoms with E-state index >= 15 is 0 Å². The van der Waals surface area contributed by atoms with Gasteiger partial charge in [0.1, 0.15) is 19.3 Å². The molecule has 1 aromatic heterocycles. The van der Waals surface area contributed by atoms with Crippen LogP contribution in [0.5, 0.6) is 11.5 Å². The van der Waals surface area contributed by atoms with Gasteiger partial charge in [0.2, 0.25) is 0 Å². The number of nitrogens with one attached hydrogen (secondary N) is 2. The van der Waals surface area contributed by atoms with Crippen LogP contribution in [0.4, 0.5) is 5.13 Å². The lowest BCUT2D eigenvalue weighted by Crippen LogP contribution is -2.35. The Hall–Kier alpha value is -3.13. The Balaban J connectivity index is 1.39. The van der Waals surface area contributed by atoms with Crippen molar-refractivity contribution in [3.63, 3.8) is 0 Å². The standard InChI is InChI=1S/C20H20N4O3S/c1-12(14-7-8-16-17(11-14)27-10-9-26-16)23-24-19(25)13(2)21-20-22-15-5-3-4-6-18(15)28-20/h3-8,11,13H,9-10H2,1-2H3,(H,21,22)(H,24,25)/b23-12-/t13-/m1/s1. The summed E-state index contributed by atoms with van der Waals surface area (Å²) in [6, 6.07) is 13.0. The lowest BCUT2D eigenvalue weighted by atomic mass is 10.1. The van der Waals surface area contributed by atoms with E-state index in [0.29, 0.717) is 29.8 Å². The zero-order valence-electron chi connectivity index (χ0n) is 15.6. The van der Waals surface area contributed by atoms with Gasteiger partial charge in [-0.1, -0.05) is 23.5 Å². The summed E-state index contributed by atoms with van der Waals surface area (Å²) in [5.74, 6) is 1.17. The Morgan fingerprint density at radius 2 is 1.96 bits per heavy atom. The maximum atomic E-state index is 12.4. The highest BCUT2D eigenvalue weighted by Crippen LogP contribution is 2.31. The normalized spacial score (nSPS) is 14.6. The van der Waals surface area contributed by atoms with E-state index in [9.17, 15) is 4.79 Å². The second kappa shape index (κ2) is 7.85. The molecule has 7 nitrogen and oxygen atoms in total. The number of fused-ring (bicyclic) bond motifs is 2. The van der Waals surface area contributed by atoms with Crippen LogP contribution in [0.15, 0.2) is 47.6 Å². The lowest BCUT2D eigenvalue weighted by Gasteiger charge is -2.18. The van der Waals surface area contributed by atoms with E-state index in [4.69, 9.17) is 9.47 Å². The fourth-order valence-corrected chi connectivity index (χ4v) is 3.71. The van der Waals surface area contributed by atoms with Crippen LogP contribution in [0.3, 0.4) is 0 Å². The molecule has 0 spiro atoms. The van der Waals surface area contributed by atoms with Crippen molar-refractivity contribution in [1.82, 2.24) is 10.4 Å². The number of aromatic nitrogens is 1. The first-order valence-electron chi connectivity index (χ1n) is 8.96. The molecule has 28 heavy (non-hydrogen) atoms. The third-order valence-electron chi connectivity index (χ3n) is 4.32. The summed E-state index contributed by atoms with van der Waals surface area (Å²) < 4.78 is 12.2. The number of hydrogen-bond acceptors (Lipinski definition) is 7. The number of carbonyl (C=O) groups is 1. The Kier molecular flexibility index (Phi) is 5.12. The summed E-state index contributed by atoms with van der Waals surface area (Å²) in [5.41, 5.74) is 5.05. The Morgan fingerprint density at radius 1 is 1.18 bits per heavy atom. The minimum absolute atomic E-state index is 0.240. The van der Waals surface area contributed by atoms with Crippen LogP contribution < -0.4 is 20.2 Å². The second-order valence-corrected chi connectivity index (χ2v) is 7.42. The zero-order valence-corrected chi connectivity index (χ0v) is 16.4. The Morgan fingerprint density at radius 3 is 2.79 bits per heavy atom. The number of hydrazone groups is 1. The Bertz CT molecular complexity index is 1010. The maximum Gasteiger partial charge on any atom is 0.262 e. The summed E-state index contributed by atoms with van der Waals surface area (Å²) in [4.78, 5) is 16.9. The van der Waals surface area contributed by atoms with Gasteiger partial charge in [0.15, 0.2) is 16.6 Å². The molecule has 144 valence electrons. The highest BCUT2D eigenvalue weighted by atomic mass is 32.1. The molecule has 0 saturated carbocycles. The van der Waals surface area contributed by atoms with E-state index < -0.39 is 6.04 Å². The average Bonchev–Trinajstić information content (AvgIpc) is 3.13. The molecule has 0 fully saturated rings. The second-order valence-electron chi connectivity index (χ2n) is 6.38. The summed E-state index contributed by atoms with van der Waals surface area (Å²) in [5, 5.41) is 8.04. The number of amides is 1. The van der Waals surface area contributed by atoms with Crippen molar-refractivity contribution in [3.8, 4) is 11.5 Å². The van der Waals surface area contributed by atoms with Crippen molar-refractivity contribution in [1.29, 1.82) is 0 Å². The molecule has 0 saturated heterocycles. The van der Waals surface area contributed by atoms with E-state index in [2.05, 4.69) is 20.8 Å². The van der Waals surface area contributed by atoms with Crippen molar-refractivity contribution in [3.05, 3.63) is 48.0 Å². The molecule has 4 rings (SSSR count). The first-order chi connectivity index (χ1) is 13.6. The number of anilines is 1. The van der Waals surface area contributed by atoms with Crippen LogP contribution in [-0.4, -0.2) is 35.9 Å². The third kappa shape index (κ3) is 3.91. The molecule has 1 aliphatic heterocycles. The van der Waals surface area contributed by atoms with Gasteiger partial charge in [0.05, 0.1) is 15.9 Å². The highest BCUT2D eigenvalue weighted by molar-refractivity contribution is 7.22. The average molecular weight is 396 g/mol. The third-order valence-corrected chi connectivity index (χ3v) is 5.29. The molecule has 3 aromatic rings. The summed E-state index contributed by atoms with van der Waals surface area (Å²) >= 11 is 1.51. The van der Waals surface area contributed by atoms with Crippen LogP contribution in [0, 0.1) is 0 Å². The van der Waals surface area contributed by atoms with Gasteiger partial charge in [-0.2, -0.15) is 5.10 Å². The Labute approximate surface area is 166 Å². The minimum atomic E-state index is -0.475.